The number of nitrogens with zero attached hydrogens (tertiary/aromatic N) is 2. The van der Waals surface area contributed by atoms with Gasteiger partial charge < -0.3 is 25.6 Å². The summed E-state index contributed by atoms with van der Waals surface area (Å²) in [5.74, 6) is 7.07. The summed E-state index contributed by atoms with van der Waals surface area (Å²) in [6, 6.07) is -0.182. The summed E-state index contributed by atoms with van der Waals surface area (Å²) < 4.78 is 5.21. The molecule has 1 aliphatic heterocycles. The van der Waals surface area contributed by atoms with Crippen LogP contribution in [0.15, 0.2) is 23.7 Å². The summed E-state index contributed by atoms with van der Waals surface area (Å²) in [6.45, 7) is 3.06. The van der Waals surface area contributed by atoms with Crippen LogP contribution in [0, 0.1) is 5.92 Å². The second kappa shape index (κ2) is 14.0. The van der Waals surface area contributed by atoms with Crippen LogP contribution in [0.25, 0.3) is 0 Å². The fourth-order valence-corrected chi connectivity index (χ4v) is 4.12. The van der Waals surface area contributed by atoms with Crippen molar-refractivity contribution in [1.82, 2.24) is 15.2 Å². The molecule has 0 aromatic heterocycles. The second-order valence-corrected chi connectivity index (χ2v) is 7.99. The normalized spacial score (nSPS) is 22.0. The van der Waals surface area contributed by atoms with Gasteiger partial charge in [0.25, 0.3) is 0 Å². The van der Waals surface area contributed by atoms with Crippen molar-refractivity contribution >= 4 is 12.2 Å². The molecule has 0 aromatic carbocycles. The van der Waals surface area contributed by atoms with E-state index in [0.717, 1.165) is 44.9 Å². The van der Waals surface area contributed by atoms with Crippen molar-refractivity contribution in [2.45, 2.75) is 70.4 Å². The predicted octanol–water partition coefficient (Wildman–Crippen LogP) is 1.88. The van der Waals surface area contributed by atoms with E-state index in [9.17, 15) is 9.59 Å². The van der Waals surface area contributed by atoms with Crippen LogP contribution in [-0.4, -0.2) is 61.9 Å². The Morgan fingerprint density at radius 1 is 1.27 bits per heavy atom. The molecule has 8 heteroatoms. The molecule has 5 N–H and O–H groups in total. The van der Waals surface area contributed by atoms with Crippen molar-refractivity contribution in [3.8, 4) is 0 Å². The summed E-state index contributed by atoms with van der Waals surface area (Å²) in [6.07, 6.45) is 13.1. The van der Waals surface area contributed by atoms with E-state index in [1.165, 1.54) is 24.3 Å². The van der Waals surface area contributed by atoms with Gasteiger partial charge in [-0.3, -0.25) is 9.69 Å². The standard InChI is InChI=1S/C15H27N3O2.C7H14N2O/c1-3-7-15(20-2)13(16)10-18(17)14(11-19)12-8-5-4-6-9-12;1-8-7(10)6-4-3-5-9(6)2/h7,10-12,14H,3-6,8-9,16-17H2,1-2H3;6H,3-5H2,1-2H3,(H,8,10)/b13-10-,15-7-;. The molecule has 1 aliphatic carbocycles. The Morgan fingerprint density at radius 2 is 1.93 bits per heavy atom. The van der Waals surface area contributed by atoms with E-state index in [4.69, 9.17) is 16.3 Å². The number of likely N-dealkylation sites (N-methyl/N-ethyl adjacent to an activating group) is 2. The van der Waals surface area contributed by atoms with Crippen LogP contribution < -0.4 is 16.9 Å². The zero-order chi connectivity index (χ0) is 22.5. The Kier molecular flexibility index (Phi) is 12.2. The lowest BCUT2D eigenvalue weighted by Crippen LogP contribution is -2.44. The Hall–Kier alpha value is -2.06. The van der Waals surface area contributed by atoms with Gasteiger partial charge in [-0.15, -0.1) is 0 Å². The lowest BCUT2D eigenvalue weighted by Gasteiger charge is -2.32. The third-order valence-corrected chi connectivity index (χ3v) is 5.87. The smallest absolute Gasteiger partial charge is 0.237 e. The molecule has 1 amide bonds. The van der Waals surface area contributed by atoms with Gasteiger partial charge in [-0.25, -0.2) is 5.84 Å². The van der Waals surface area contributed by atoms with Crippen molar-refractivity contribution in [1.29, 1.82) is 0 Å². The van der Waals surface area contributed by atoms with Crippen LogP contribution in [0.1, 0.15) is 58.3 Å². The first-order valence-corrected chi connectivity index (χ1v) is 11.0. The Balaban J connectivity index is 0.000000375. The van der Waals surface area contributed by atoms with Gasteiger partial charge in [0.1, 0.15) is 18.1 Å². The Labute approximate surface area is 181 Å². The molecule has 172 valence electrons. The maximum absolute atomic E-state index is 11.4. The topological polar surface area (TPSA) is 114 Å². The summed E-state index contributed by atoms with van der Waals surface area (Å²) in [5.41, 5.74) is 6.41. The van der Waals surface area contributed by atoms with E-state index in [0.29, 0.717) is 17.4 Å². The van der Waals surface area contributed by atoms with Gasteiger partial charge in [0.05, 0.1) is 18.8 Å². The highest BCUT2D eigenvalue weighted by Crippen LogP contribution is 2.27. The number of rotatable bonds is 8. The molecular formula is C22H41N5O3. The number of carbonyl (C=O) groups excluding carboxylic acids is 2. The van der Waals surface area contributed by atoms with Crippen molar-refractivity contribution in [2.24, 2.45) is 17.5 Å². The quantitative estimate of drug-likeness (QED) is 0.180. The fraction of sp³-hybridized carbons (Fsp3) is 0.727. The molecule has 2 rings (SSSR count). The van der Waals surface area contributed by atoms with E-state index in [1.54, 1.807) is 20.4 Å². The summed E-state index contributed by atoms with van der Waals surface area (Å²) in [4.78, 5) is 24.5. The maximum Gasteiger partial charge on any atom is 0.237 e. The largest absolute Gasteiger partial charge is 0.495 e. The third kappa shape index (κ3) is 7.99. The average Bonchev–Trinajstić information content (AvgIpc) is 3.19. The number of aldehydes is 1. The van der Waals surface area contributed by atoms with Crippen LogP contribution in [0.2, 0.25) is 0 Å². The van der Waals surface area contributed by atoms with Crippen molar-refractivity contribution in [2.75, 3.05) is 27.7 Å². The number of nitrogens with one attached hydrogen (secondary N) is 1. The van der Waals surface area contributed by atoms with E-state index in [-0.39, 0.29) is 18.0 Å². The van der Waals surface area contributed by atoms with Crippen LogP contribution in [0.3, 0.4) is 0 Å². The molecule has 2 unspecified atom stereocenters. The molecule has 2 atom stereocenters. The number of hydrogen-bond acceptors (Lipinski definition) is 7. The molecule has 1 saturated heterocycles. The fourth-order valence-electron chi connectivity index (χ4n) is 4.12. The first-order chi connectivity index (χ1) is 14.4. The first kappa shape index (κ1) is 26.0. The number of carbonyl (C=O) groups is 2. The number of ether oxygens (including phenoxy) is 1. The molecule has 0 bridgehead atoms. The van der Waals surface area contributed by atoms with E-state index in [1.807, 2.05) is 20.0 Å². The minimum atomic E-state index is -0.311. The number of nitrogens with two attached hydrogens (primary N) is 2. The third-order valence-electron chi connectivity index (χ3n) is 5.87. The van der Waals surface area contributed by atoms with Crippen LogP contribution in [0.4, 0.5) is 0 Å². The van der Waals surface area contributed by atoms with E-state index in [2.05, 4.69) is 10.2 Å². The van der Waals surface area contributed by atoms with Gasteiger partial charge in [0, 0.05) is 13.2 Å². The highest BCUT2D eigenvalue weighted by molar-refractivity contribution is 5.81. The second-order valence-electron chi connectivity index (χ2n) is 7.99. The SMILES string of the molecule is CC/C=C(OC)/C(N)=C/N(N)C(C=O)C1CCCCC1.CNC(=O)C1CCCN1C. The van der Waals surface area contributed by atoms with Gasteiger partial charge in [0.15, 0.2) is 0 Å². The number of allylic oxidation sites excluding steroid dienone is 1. The molecule has 2 fully saturated rings. The van der Waals surface area contributed by atoms with Crippen LogP contribution in [0.5, 0.6) is 0 Å². The highest BCUT2D eigenvalue weighted by atomic mass is 16.5. The van der Waals surface area contributed by atoms with Crippen molar-refractivity contribution in [3.05, 3.63) is 23.7 Å². The Bertz CT molecular complexity index is 587. The molecular weight excluding hydrogens is 382 g/mol. The minimum Gasteiger partial charge on any atom is -0.495 e. The minimum absolute atomic E-state index is 0.130. The number of hydrogen-bond donors (Lipinski definition) is 3. The summed E-state index contributed by atoms with van der Waals surface area (Å²) in [5, 5.41) is 4.09. The van der Waals surface area contributed by atoms with Gasteiger partial charge in [-0.05, 0) is 57.7 Å². The number of methoxy groups -OCH3 is 1. The first-order valence-electron chi connectivity index (χ1n) is 11.0. The Morgan fingerprint density at radius 3 is 2.40 bits per heavy atom. The molecule has 0 radical (unpaired) electrons. The lowest BCUT2D eigenvalue weighted by atomic mass is 9.84. The molecule has 1 heterocycles. The lowest BCUT2D eigenvalue weighted by molar-refractivity contribution is -0.124. The number of hydrazine groups is 1. The molecule has 30 heavy (non-hydrogen) atoms. The molecule has 0 aromatic rings. The number of amides is 1. The maximum atomic E-state index is 11.4. The summed E-state index contributed by atoms with van der Waals surface area (Å²) >= 11 is 0. The van der Waals surface area contributed by atoms with Crippen LogP contribution >= 0.6 is 0 Å². The van der Waals surface area contributed by atoms with Crippen molar-refractivity contribution in [3.63, 3.8) is 0 Å². The van der Waals surface area contributed by atoms with Crippen molar-refractivity contribution < 1.29 is 14.3 Å². The average molecular weight is 424 g/mol. The predicted molar refractivity (Wildman–Crippen MR) is 120 cm³/mol. The van der Waals surface area contributed by atoms with Crippen LogP contribution in [-0.2, 0) is 14.3 Å². The van der Waals surface area contributed by atoms with E-state index >= 15 is 0 Å². The molecule has 1 saturated carbocycles. The molecule has 0 spiro atoms. The number of likely N-dealkylation sites (tertiary alicyclic amines) is 1. The zero-order valence-electron chi connectivity index (χ0n) is 19.1. The van der Waals surface area contributed by atoms with Gasteiger partial charge >= 0.3 is 0 Å². The monoisotopic (exact) mass is 423 g/mol. The van der Waals surface area contributed by atoms with Gasteiger partial charge in [-0.2, -0.15) is 0 Å². The van der Waals surface area contributed by atoms with Gasteiger partial charge in [-0.1, -0.05) is 26.2 Å². The zero-order valence-corrected chi connectivity index (χ0v) is 19.1. The van der Waals surface area contributed by atoms with E-state index < -0.39 is 0 Å². The summed E-state index contributed by atoms with van der Waals surface area (Å²) in [7, 11) is 5.25. The van der Waals surface area contributed by atoms with Gasteiger partial charge in [0.2, 0.25) is 5.91 Å². The molecule has 2 aliphatic rings. The molecule has 8 nitrogen and oxygen atoms in total. The highest BCUT2D eigenvalue weighted by Gasteiger charge is 2.27.